The van der Waals surface area contributed by atoms with E-state index in [0.29, 0.717) is 5.91 Å². The summed E-state index contributed by atoms with van der Waals surface area (Å²) in [6, 6.07) is 0.804. The standard InChI is InChI=1S/C15H27N3OS/c19-15(14-11-20-12-16-14)18-9-5-13(6-10-18)17-7-3-1-2-4-8-17/h13-14,16H,1-12H2. The molecule has 0 spiro atoms. The Labute approximate surface area is 126 Å². The van der Waals surface area contributed by atoms with Gasteiger partial charge in [-0.2, -0.15) is 0 Å². The van der Waals surface area contributed by atoms with Crippen LogP contribution in [0.4, 0.5) is 0 Å². The quantitative estimate of drug-likeness (QED) is 0.838. The first-order chi connectivity index (χ1) is 9.84. The number of amides is 1. The molecule has 3 aliphatic heterocycles. The van der Waals surface area contributed by atoms with Crippen molar-refractivity contribution in [3.05, 3.63) is 0 Å². The molecule has 3 aliphatic rings. The number of hydrogen-bond donors (Lipinski definition) is 1. The van der Waals surface area contributed by atoms with Gasteiger partial charge in [-0.1, -0.05) is 12.8 Å². The number of carbonyl (C=O) groups excluding carboxylic acids is 1. The SMILES string of the molecule is O=C(C1CSCN1)N1CCC(N2CCCCCC2)CC1. The van der Waals surface area contributed by atoms with Gasteiger partial charge in [-0.15, -0.1) is 11.8 Å². The molecule has 0 bridgehead atoms. The minimum atomic E-state index is 0.0785. The van der Waals surface area contributed by atoms with Gasteiger partial charge < -0.3 is 9.80 Å². The molecule has 114 valence electrons. The third-order valence-corrected chi connectivity index (χ3v) is 5.89. The number of nitrogens with one attached hydrogen (secondary N) is 1. The molecule has 0 aromatic heterocycles. The highest BCUT2D eigenvalue weighted by Crippen LogP contribution is 2.22. The Hall–Kier alpha value is -0.260. The summed E-state index contributed by atoms with van der Waals surface area (Å²) in [4.78, 5) is 17.2. The second-order valence-corrected chi connectivity index (χ2v) is 7.31. The molecule has 1 N–H and O–H groups in total. The maximum Gasteiger partial charge on any atom is 0.240 e. The molecule has 0 aliphatic carbocycles. The smallest absolute Gasteiger partial charge is 0.240 e. The molecule has 20 heavy (non-hydrogen) atoms. The van der Waals surface area contributed by atoms with Gasteiger partial charge in [-0.25, -0.2) is 0 Å². The monoisotopic (exact) mass is 297 g/mol. The number of rotatable bonds is 2. The van der Waals surface area contributed by atoms with Gasteiger partial charge in [-0.3, -0.25) is 10.1 Å². The zero-order chi connectivity index (χ0) is 13.8. The van der Waals surface area contributed by atoms with Crippen molar-refractivity contribution in [2.75, 3.05) is 37.8 Å². The fourth-order valence-electron chi connectivity index (χ4n) is 3.69. The van der Waals surface area contributed by atoms with Crippen LogP contribution in [-0.4, -0.2) is 65.6 Å². The minimum absolute atomic E-state index is 0.0785. The van der Waals surface area contributed by atoms with Gasteiger partial charge in [-0.05, 0) is 38.8 Å². The molecule has 3 rings (SSSR count). The number of likely N-dealkylation sites (tertiary alicyclic amines) is 2. The Bertz CT molecular complexity index is 317. The maximum atomic E-state index is 12.4. The van der Waals surface area contributed by atoms with Crippen molar-refractivity contribution in [3.63, 3.8) is 0 Å². The Morgan fingerprint density at radius 2 is 1.70 bits per heavy atom. The molecule has 3 heterocycles. The van der Waals surface area contributed by atoms with Gasteiger partial charge >= 0.3 is 0 Å². The molecule has 1 atom stereocenters. The fourth-order valence-corrected chi connectivity index (χ4v) is 4.62. The third kappa shape index (κ3) is 3.49. The average Bonchev–Trinajstić information content (AvgIpc) is 2.89. The lowest BCUT2D eigenvalue weighted by Gasteiger charge is -2.38. The molecule has 0 aromatic carbocycles. The van der Waals surface area contributed by atoms with Gasteiger partial charge in [0.25, 0.3) is 0 Å². The van der Waals surface area contributed by atoms with Crippen LogP contribution in [0.1, 0.15) is 38.5 Å². The van der Waals surface area contributed by atoms with Crippen molar-refractivity contribution in [1.29, 1.82) is 0 Å². The summed E-state index contributed by atoms with van der Waals surface area (Å²) < 4.78 is 0. The van der Waals surface area contributed by atoms with Crippen molar-refractivity contribution in [3.8, 4) is 0 Å². The third-order valence-electron chi connectivity index (χ3n) is 4.95. The number of piperidine rings is 1. The topological polar surface area (TPSA) is 35.6 Å². The van der Waals surface area contributed by atoms with Crippen molar-refractivity contribution in [1.82, 2.24) is 15.1 Å². The highest BCUT2D eigenvalue weighted by atomic mass is 32.2. The maximum absolute atomic E-state index is 12.4. The molecule has 3 fully saturated rings. The van der Waals surface area contributed by atoms with Crippen molar-refractivity contribution in [2.24, 2.45) is 0 Å². The van der Waals surface area contributed by atoms with Gasteiger partial charge in [0.2, 0.25) is 5.91 Å². The predicted octanol–water partition coefficient (Wildman–Crippen LogP) is 1.52. The Morgan fingerprint density at radius 1 is 1.00 bits per heavy atom. The molecular formula is C15H27N3OS. The first-order valence-electron chi connectivity index (χ1n) is 8.18. The van der Waals surface area contributed by atoms with E-state index in [0.717, 1.165) is 30.8 Å². The normalized spacial score (nSPS) is 30.4. The first-order valence-corrected chi connectivity index (χ1v) is 9.34. The zero-order valence-corrected chi connectivity index (χ0v) is 13.2. The molecule has 0 aromatic rings. The highest BCUT2D eigenvalue weighted by Gasteiger charge is 2.31. The summed E-state index contributed by atoms with van der Waals surface area (Å²) in [6.45, 7) is 4.48. The van der Waals surface area contributed by atoms with Gasteiger partial charge in [0, 0.05) is 30.8 Å². The van der Waals surface area contributed by atoms with E-state index < -0.39 is 0 Å². The van der Waals surface area contributed by atoms with Crippen LogP contribution in [-0.2, 0) is 4.79 Å². The lowest BCUT2D eigenvalue weighted by Crippen LogP contribution is -2.51. The predicted molar refractivity (Wildman–Crippen MR) is 83.9 cm³/mol. The summed E-state index contributed by atoms with van der Waals surface area (Å²) in [5, 5.41) is 3.30. The van der Waals surface area contributed by atoms with Crippen LogP contribution >= 0.6 is 11.8 Å². The fraction of sp³-hybridized carbons (Fsp3) is 0.933. The summed E-state index contributed by atoms with van der Waals surface area (Å²) in [5.41, 5.74) is 0. The molecule has 0 saturated carbocycles. The summed E-state index contributed by atoms with van der Waals surface area (Å²) in [6.07, 6.45) is 7.87. The molecule has 1 amide bonds. The van der Waals surface area contributed by atoms with Crippen molar-refractivity contribution >= 4 is 17.7 Å². The van der Waals surface area contributed by atoms with Crippen LogP contribution in [0.25, 0.3) is 0 Å². The Morgan fingerprint density at radius 3 is 2.30 bits per heavy atom. The van der Waals surface area contributed by atoms with E-state index in [1.807, 2.05) is 11.8 Å². The molecule has 0 radical (unpaired) electrons. The Kier molecular flexibility index (Phi) is 5.24. The molecule has 4 nitrogen and oxygen atoms in total. The van der Waals surface area contributed by atoms with Crippen LogP contribution in [0.5, 0.6) is 0 Å². The number of nitrogens with zero attached hydrogens (tertiary/aromatic N) is 2. The molecule has 5 heteroatoms. The molecule has 3 saturated heterocycles. The van der Waals surface area contributed by atoms with Crippen molar-refractivity contribution < 1.29 is 4.79 Å². The summed E-state index contributed by atoms with van der Waals surface area (Å²) >= 11 is 1.83. The average molecular weight is 297 g/mol. The lowest BCUT2D eigenvalue weighted by atomic mass is 10.0. The second-order valence-electron chi connectivity index (χ2n) is 6.28. The van der Waals surface area contributed by atoms with Crippen LogP contribution in [0.3, 0.4) is 0 Å². The summed E-state index contributed by atoms with van der Waals surface area (Å²) in [5.74, 6) is 2.22. The second kappa shape index (κ2) is 7.14. The van der Waals surface area contributed by atoms with E-state index >= 15 is 0 Å². The minimum Gasteiger partial charge on any atom is -0.341 e. The largest absolute Gasteiger partial charge is 0.341 e. The van der Waals surface area contributed by atoms with E-state index in [4.69, 9.17) is 0 Å². The van der Waals surface area contributed by atoms with E-state index in [1.54, 1.807) is 0 Å². The number of thioether (sulfide) groups is 1. The highest BCUT2D eigenvalue weighted by molar-refractivity contribution is 7.99. The first kappa shape index (κ1) is 14.7. The Balaban J connectivity index is 1.47. The van der Waals surface area contributed by atoms with E-state index in [2.05, 4.69) is 15.1 Å². The van der Waals surface area contributed by atoms with Crippen LogP contribution in [0, 0.1) is 0 Å². The summed E-state index contributed by atoms with van der Waals surface area (Å²) in [7, 11) is 0. The van der Waals surface area contributed by atoms with Gasteiger partial charge in [0.1, 0.15) is 0 Å². The zero-order valence-electron chi connectivity index (χ0n) is 12.4. The van der Waals surface area contributed by atoms with Crippen LogP contribution in [0.2, 0.25) is 0 Å². The van der Waals surface area contributed by atoms with Crippen molar-refractivity contribution in [2.45, 2.75) is 50.6 Å². The lowest BCUT2D eigenvalue weighted by molar-refractivity contribution is -0.134. The van der Waals surface area contributed by atoms with E-state index in [-0.39, 0.29) is 6.04 Å². The number of carbonyl (C=O) groups is 1. The number of hydrogen-bond acceptors (Lipinski definition) is 4. The van der Waals surface area contributed by atoms with Crippen LogP contribution < -0.4 is 5.32 Å². The van der Waals surface area contributed by atoms with Crippen LogP contribution in [0.15, 0.2) is 0 Å². The van der Waals surface area contributed by atoms with E-state index in [9.17, 15) is 4.79 Å². The molecule has 1 unspecified atom stereocenters. The van der Waals surface area contributed by atoms with E-state index in [1.165, 1.54) is 51.6 Å². The van der Waals surface area contributed by atoms with Gasteiger partial charge in [0.05, 0.1) is 6.04 Å². The molecular weight excluding hydrogens is 270 g/mol. The van der Waals surface area contributed by atoms with Gasteiger partial charge in [0.15, 0.2) is 0 Å².